The fourth-order valence-corrected chi connectivity index (χ4v) is 3.54. The van der Waals surface area contributed by atoms with Crippen molar-refractivity contribution in [1.29, 1.82) is 0 Å². The van der Waals surface area contributed by atoms with E-state index in [9.17, 15) is 19.5 Å². The molecule has 3 atom stereocenters. The van der Waals surface area contributed by atoms with E-state index in [1.165, 1.54) is 7.11 Å². The number of nitrogens with one attached hydrogen (secondary N) is 2. The number of aliphatic hydroxyl groups excluding tert-OH is 1. The van der Waals surface area contributed by atoms with Crippen molar-refractivity contribution in [3.8, 4) is 5.75 Å². The Bertz CT molecular complexity index is 1120. The summed E-state index contributed by atoms with van der Waals surface area (Å²) >= 11 is 0. The van der Waals surface area contributed by atoms with Crippen LogP contribution in [0.1, 0.15) is 27.5 Å². The van der Waals surface area contributed by atoms with Crippen molar-refractivity contribution >= 4 is 17.7 Å². The van der Waals surface area contributed by atoms with Gasteiger partial charge in [-0.1, -0.05) is 66.7 Å². The monoisotopic (exact) mass is 461 g/mol. The molecule has 8 heteroatoms. The Labute approximate surface area is 197 Å². The number of aliphatic hydroxyl groups is 1. The van der Waals surface area contributed by atoms with Crippen LogP contribution in [0.5, 0.6) is 5.75 Å². The molecule has 0 bridgehead atoms. The first kappa shape index (κ1) is 24.5. The third-order valence-electron chi connectivity index (χ3n) is 5.34. The predicted molar refractivity (Wildman–Crippen MR) is 127 cm³/mol. The Morgan fingerprint density at radius 2 is 1.47 bits per heavy atom. The van der Waals surface area contributed by atoms with Crippen LogP contribution in [0.3, 0.4) is 0 Å². The van der Waals surface area contributed by atoms with Crippen LogP contribution >= 0.6 is 0 Å². The Morgan fingerprint density at radius 3 is 2.09 bits per heavy atom. The fraction of sp³-hybridized carbons (Fsp3) is 0.192. The molecule has 0 aliphatic carbocycles. The zero-order valence-electron chi connectivity index (χ0n) is 18.7. The van der Waals surface area contributed by atoms with Crippen LogP contribution < -0.4 is 21.1 Å². The average Bonchev–Trinajstić information content (AvgIpc) is 2.87. The molecular formula is C26H27N3O5. The summed E-state index contributed by atoms with van der Waals surface area (Å²) in [6.45, 7) is 0. The van der Waals surface area contributed by atoms with Gasteiger partial charge < -0.3 is 26.2 Å². The first-order chi connectivity index (χ1) is 16.4. The van der Waals surface area contributed by atoms with Crippen LogP contribution in [0.2, 0.25) is 0 Å². The molecule has 0 radical (unpaired) electrons. The topological polar surface area (TPSA) is 131 Å². The van der Waals surface area contributed by atoms with Gasteiger partial charge in [-0.25, -0.2) is 0 Å². The van der Waals surface area contributed by atoms with Gasteiger partial charge in [-0.2, -0.15) is 0 Å². The lowest BCUT2D eigenvalue weighted by molar-refractivity contribution is -0.134. The molecule has 3 amide bonds. The van der Waals surface area contributed by atoms with Crippen molar-refractivity contribution < 1.29 is 24.2 Å². The third kappa shape index (κ3) is 6.20. The standard InChI is InChI=1S/C26H27N3O5/c1-34-21-15-9-8-14-19(21)16-20(24(27)31)28-26(33)23(30)22(17-10-4-2-5-11-17)29-25(32)18-12-6-3-7-13-18/h2-15,20,22-23,30H,16H2,1H3,(H2,27,31)(H,28,33)(H,29,32)/t20-,22+,23-/m1/s1. The van der Waals surface area contributed by atoms with Crippen LogP contribution in [0, 0.1) is 0 Å². The molecule has 8 nitrogen and oxygen atoms in total. The quantitative estimate of drug-likeness (QED) is 0.365. The Hall–Kier alpha value is -4.17. The number of hydrogen-bond donors (Lipinski definition) is 4. The number of para-hydroxylation sites is 1. The summed E-state index contributed by atoms with van der Waals surface area (Å²) in [4.78, 5) is 37.8. The van der Waals surface area contributed by atoms with Crippen molar-refractivity contribution in [1.82, 2.24) is 10.6 Å². The lowest BCUT2D eigenvalue weighted by atomic mass is 9.99. The van der Waals surface area contributed by atoms with E-state index in [1.54, 1.807) is 84.9 Å². The van der Waals surface area contributed by atoms with E-state index in [2.05, 4.69) is 10.6 Å². The molecule has 0 aromatic heterocycles. The Kier molecular flexibility index (Phi) is 8.37. The number of primary amides is 1. The van der Waals surface area contributed by atoms with Crippen LogP contribution in [-0.4, -0.2) is 42.1 Å². The summed E-state index contributed by atoms with van der Waals surface area (Å²) in [6, 6.07) is 22.0. The molecule has 0 fully saturated rings. The van der Waals surface area contributed by atoms with Crippen molar-refractivity contribution in [2.24, 2.45) is 5.73 Å². The van der Waals surface area contributed by atoms with Gasteiger partial charge in [0, 0.05) is 12.0 Å². The molecule has 3 aromatic rings. The second-order valence-corrected chi connectivity index (χ2v) is 7.65. The maximum Gasteiger partial charge on any atom is 0.252 e. The van der Waals surface area contributed by atoms with Crippen LogP contribution in [-0.2, 0) is 16.0 Å². The summed E-state index contributed by atoms with van der Waals surface area (Å²) in [7, 11) is 1.50. The van der Waals surface area contributed by atoms with Crippen molar-refractivity contribution in [3.05, 3.63) is 102 Å². The van der Waals surface area contributed by atoms with Crippen LogP contribution in [0.25, 0.3) is 0 Å². The van der Waals surface area contributed by atoms with Gasteiger partial charge >= 0.3 is 0 Å². The summed E-state index contributed by atoms with van der Waals surface area (Å²) in [5.74, 6) is -1.53. The zero-order valence-corrected chi connectivity index (χ0v) is 18.7. The molecule has 0 spiro atoms. The van der Waals surface area contributed by atoms with Crippen LogP contribution in [0.4, 0.5) is 0 Å². The van der Waals surface area contributed by atoms with E-state index in [0.29, 0.717) is 22.4 Å². The van der Waals surface area contributed by atoms with E-state index in [1.807, 2.05) is 0 Å². The molecule has 0 saturated heterocycles. The maximum absolute atomic E-state index is 13.0. The van der Waals surface area contributed by atoms with Gasteiger partial charge in [0.25, 0.3) is 11.8 Å². The molecule has 3 rings (SSSR count). The van der Waals surface area contributed by atoms with Gasteiger partial charge in [-0.05, 0) is 29.3 Å². The third-order valence-corrected chi connectivity index (χ3v) is 5.34. The predicted octanol–water partition coefficient (Wildman–Crippen LogP) is 1.74. The fourth-order valence-electron chi connectivity index (χ4n) is 3.54. The molecule has 0 heterocycles. The van der Waals surface area contributed by atoms with Gasteiger partial charge in [0.2, 0.25) is 5.91 Å². The van der Waals surface area contributed by atoms with E-state index in [0.717, 1.165) is 0 Å². The normalized spacial score (nSPS) is 13.2. The molecule has 3 aromatic carbocycles. The van der Waals surface area contributed by atoms with Gasteiger partial charge in [-0.15, -0.1) is 0 Å². The number of amides is 3. The SMILES string of the molecule is COc1ccccc1C[C@@H](NC(=O)[C@H](O)[C@@H](NC(=O)c1ccccc1)c1ccccc1)C(N)=O. The molecule has 5 N–H and O–H groups in total. The number of methoxy groups -OCH3 is 1. The number of hydrogen-bond acceptors (Lipinski definition) is 5. The average molecular weight is 462 g/mol. The summed E-state index contributed by atoms with van der Waals surface area (Å²) in [5, 5.41) is 16.1. The van der Waals surface area contributed by atoms with Crippen molar-refractivity contribution in [2.75, 3.05) is 7.11 Å². The first-order valence-corrected chi connectivity index (χ1v) is 10.7. The van der Waals surface area contributed by atoms with Crippen molar-refractivity contribution in [3.63, 3.8) is 0 Å². The lowest BCUT2D eigenvalue weighted by Crippen LogP contribution is -2.52. The van der Waals surface area contributed by atoms with E-state index in [-0.39, 0.29) is 6.42 Å². The first-order valence-electron chi connectivity index (χ1n) is 10.7. The number of rotatable bonds is 10. The summed E-state index contributed by atoms with van der Waals surface area (Å²) in [6.07, 6.45) is -1.61. The Balaban J connectivity index is 1.80. The number of benzene rings is 3. The minimum absolute atomic E-state index is 0.0736. The molecule has 34 heavy (non-hydrogen) atoms. The molecule has 176 valence electrons. The molecule has 0 aliphatic rings. The van der Waals surface area contributed by atoms with E-state index < -0.39 is 35.9 Å². The molecule has 0 saturated carbocycles. The molecule has 0 aliphatic heterocycles. The maximum atomic E-state index is 13.0. The zero-order chi connectivity index (χ0) is 24.5. The van der Waals surface area contributed by atoms with Gasteiger partial charge in [0.1, 0.15) is 11.8 Å². The number of carbonyl (C=O) groups excluding carboxylic acids is 3. The summed E-state index contributed by atoms with van der Waals surface area (Å²) < 4.78 is 5.30. The number of ether oxygens (including phenoxy) is 1. The highest BCUT2D eigenvalue weighted by Gasteiger charge is 2.32. The minimum atomic E-state index is -1.69. The second kappa shape index (κ2) is 11.6. The number of carbonyl (C=O) groups is 3. The molecular weight excluding hydrogens is 434 g/mol. The lowest BCUT2D eigenvalue weighted by Gasteiger charge is -2.26. The van der Waals surface area contributed by atoms with Gasteiger partial charge in [0.05, 0.1) is 13.2 Å². The van der Waals surface area contributed by atoms with Crippen molar-refractivity contribution in [2.45, 2.75) is 24.6 Å². The largest absolute Gasteiger partial charge is 0.496 e. The highest BCUT2D eigenvalue weighted by Crippen LogP contribution is 2.21. The second-order valence-electron chi connectivity index (χ2n) is 7.65. The minimum Gasteiger partial charge on any atom is -0.496 e. The van der Waals surface area contributed by atoms with Gasteiger partial charge in [-0.3, -0.25) is 14.4 Å². The Morgan fingerprint density at radius 1 is 0.882 bits per heavy atom. The summed E-state index contributed by atoms with van der Waals surface area (Å²) in [5.41, 5.74) is 7.09. The highest BCUT2D eigenvalue weighted by molar-refractivity contribution is 5.95. The molecule has 0 unspecified atom stereocenters. The smallest absolute Gasteiger partial charge is 0.252 e. The highest BCUT2D eigenvalue weighted by atomic mass is 16.5. The van der Waals surface area contributed by atoms with E-state index in [4.69, 9.17) is 10.5 Å². The number of nitrogens with two attached hydrogens (primary N) is 1. The van der Waals surface area contributed by atoms with Crippen LogP contribution in [0.15, 0.2) is 84.9 Å². The van der Waals surface area contributed by atoms with E-state index >= 15 is 0 Å². The van der Waals surface area contributed by atoms with Gasteiger partial charge in [0.15, 0.2) is 6.10 Å².